The van der Waals surface area contributed by atoms with Gasteiger partial charge in [0.25, 0.3) is 5.91 Å². The number of hydrogen-bond acceptors (Lipinski definition) is 3. The van der Waals surface area contributed by atoms with Crippen LogP contribution < -0.4 is 11.3 Å². The van der Waals surface area contributed by atoms with Crippen molar-refractivity contribution in [3.63, 3.8) is 0 Å². The lowest BCUT2D eigenvalue weighted by molar-refractivity contribution is -0.136. The van der Waals surface area contributed by atoms with Gasteiger partial charge in [-0.25, -0.2) is 0 Å². The third-order valence-corrected chi connectivity index (χ3v) is 2.70. The monoisotopic (exact) mass is 275 g/mol. The summed E-state index contributed by atoms with van der Waals surface area (Å²) in [6, 6.07) is 4.79. The lowest BCUT2D eigenvalue weighted by Gasteiger charge is -2.19. The quantitative estimate of drug-likeness (QED) is 0.655. The fourth-order valence-corrected chi connectivity index (χ4v) is 1.60. The summed E-state index contributed by atoms with van der Waals surface area (Å²) in [5.74, 6) is 4.79. The van der Waals surface area contributed by atoms with Crippen LogP contribution in [0.2, 0.25) is 0 Å². The molecular formula is C12H16F3N3O. The van der Waals surface area contributed by atoms with Gasteiger partial charge in [-0.05, 0) is 30.7 Å². The normalized spacial score (nSPS) is 11.3. The molecule has 0 aliphatic rings. The maximum absolute atomic E-state index is 12.1. The summed E-state index contributed by atoms with van der Waals surface area (Å²) in [7, 11) is 1.35. The molecular weight excluding hydrogens is 259 g/mol. The zero-order valence-corrected chi connectivity index (χ0v) is 10.7. The number of carbonyl (C=O) groups is 1. The Morgan fingerprint density at radius 3 is 2.53 bits per heavy atom. The van der Waals surface area contributed by atoms with Gasteiger partial charge in [-0.2, -0.15) is 13.2 Å². The largest absolute Gasteiger partial charge is 0.390 e. The van der Waals surface area contributed by atoms with Crippen molar-refractivity contribution in [1.29, 1.82) is 0 Å². The summed E-state index contributed by atoms with van der Waals surface area (Å²) in [4.78, 5) is 13.0. The number of nitrogens with one attached hydrogen (secondary N) is 1. The van der Waals surface area contributed by atoms with Crippen LogP contribution in [0.5, 0.6) is 0 Å². The van der Waals surface area contributed by atoms with Crippen LogP contribution in [0.1, 0.15) is 22.3 Å². The number of hydrogen-bond donors (Lipinski definition) is 2. The van der Waals surface area contributed by atoms with Crippen molar-refractivity contribution in [3.8, 4) is 0 Å². The Balaban J connectivity index is 2.77. The summed E-state index contributed by atoms with van der Waals surface area (Å²) in [6.07, 6.45) is -5.28. The van der Waals surface area contributed by atoms with Gasteiger partial charge in [0.15, 0.2) is 0 Å². The first-order valence-corrected chi connectivity index (χ1v) is 5.64. The summed E-state index contributed by atoms with van der Waals surface area (Å²) in [5, 5.41) is 0. The molecule has 3 N–H and O–H groups in total. The van der Waals surface area contributed by atoms with Gasteiger partial charge in [0.1, 0.15) is 0 Å². The number of halogens is 3. The highest BCUT2D eigenvalue weighted by Gasteiger charge is 2.28. The van der Waals surface area contributed by atoms with E-state index in [0.717, 1.165) is 4.90 Å². The average Bonchev–Trinajstić information content (AvgIpc) is 2.34. The van der Waals surface area contributed by atoms with Gasteiger partial charge >= 0.3 is 6.18 Å². The van der Waals surface area contributed by atoms with Crippen LogP contribution in [-0.4, -0.2) is 30.6 Å². The van der Waals surface area contributed by atoms with Crippen LogP contribution in [0.25, 0.3) is 0 Å². The fraction of sp³-hybridized carbons (Fsp3) is 0.417. The molecule has 4 nitrogen and oxygen atoms in total. The van der Waals surface area contributed by atoms with E-state index < -0.39 is 18.5 Å². The number of nitrogens with two attached hydrogens (primary N) is 1. The molecule has 0 saturated carbocycles. The Kier molecular flexibility index (Phi) is 4.77. The Bertz CT molecular complexity index is 460. The Morgan fingerprint density at radius 1 is 1.42 bits per heavy atom. The molecule has 0 fully saturated rings. The molecule has 0 radical (unpaired) electrons. The third-order valence-electron chi connectivity index (χ3n) is 2.70. The lowest BCUT2D eigenvalue weighted by atomic mass is 10.1. The molecule has 19 heavy (non-hydrogen) atoms. The number of nitrogen functional groups attached to an aromatic ring is 1. The minimum absolute atomic E-state index is 0.362. The Labute approximate surface area is 109 Å². The van der Waals surface area contributed by atoms with E-state index in [1.54, 1.807) is 19.1 Å². The summed E-state index contributed by atoms with van der Waals surface area (Å²) in [5.41, 5.74) is 4.08. The van der Waals surface area contributed by atoms with Gasteiger partial charge in [0, 0.05) is 24.8 Å². The summed E-state index contributed by atoms with van der Waals surface area (Å²) in [6.45, 7) is 1.34. The number of anilines is 1. The number of nitrogens with zero attached hydrogens (tertiary/aromatic N) is 1. The fourth-order valence-electron chi connectivity index (χ4n) is 1.60. The van der Waals surface area contributed by atoms with Crippen LogP contribution in [0.15, 0.2) is 18.2 Å². The lowest BCUT2D eigenvalue weighted by Crippen LogP contribution is -2.31. The van der Waals surface area contributed by atoms with Crippen LogP contribution in [0.4, 0.5) is 18.9 Å². The molecule has 0 bridgehead atoms. The number of rotatable bonds is 4. The molecule has 0 unspecified atom stereocenters. The van der Waals surface area contributed by atoms with E-state index in [2.05, 4.69) is 5.43 Å². The SMILES string of the molecule is Cc1cc(NN)ccc1C(=O)N(C)CCC(F)(F)F. The first-order chi connectivity index (χ1) is 8.74. The van der Waals surface area contributed by atoms with E-state index in [1.165, 1.54) is 13.1 Å². The van der Waals surface area contributed by atoms with Crippen molar-refractivity contribution in [2.45, 2.75) is 19.5 Å². The summed E-state index contributed by atoms with van der Waals surface area (Å²) < 4.78 is 36.3. The standard InChI is InChI=1S/C12H16F3N3O/c1-8-7-9(17-16)3-4-10(8)11(19)18(2)6-5-12(13,14)15/h3-4,7,17H,5-6,16H2,1-2H3. The van der Waals surface area contributed by atoms with Crippen molar-refractivity contribution in [2.24, 2.45) is 5.84 Å². The number of aryl methyl sites for hydroxylation is 1. The zero-order valence-electron chi connectivity index (χ0n) is 10.7. The molecule has 0 saturated heterocycles. The third kappa shape index (κ3) is 4.44. The van der Waals surface area contributed by atoms with Gasteiger partial charge in [0.2, 0.25) is 0 Å². The van der Waals surface area contributed by atoms with E-state index in [4.69, 9.17) is 5.84 Å². The van der Waals surface area contributed by atoms with Crippen LogP contribution in [-0.2, 0) is 0 Å². The molecule has 1 amide bonds. The maximum atomic E-state index is 12.1. The predicted molar refractivity (Wildman–Crippen MR) is 66.6 cm³/mol. The van der Waals surface area contributed by atoms with E-state index in [9.17, 15) is 18.0 Å². The van der Waals surface area contributed by atoms with Gasteiger partial charge < -0.3 is 10.3 Å². The molecule has 0 aliphatic carbocycles. The first-order valence-electron chi connectivity index (χ1n) is 5.64. The highest BCUT2D eigenvalue weighted by atomic mass is 19.4. The number of alkyl halides is 3. The van der Waals surface area contributed by atoms with Crippen molar-refractivity contribution < 1.29 is 18.0 Å². The minimum atomic E-state index is -4.27. The van der Waals surface area contributed by atoms with E-state index in [-0.39, 0.29) is 6.54 Å². The molecule has 0 spiro atoms. The summed E-state index contributed by atoms with van der Waals surface area (Å²) >= 11 is 0. The molecule has 0 heterocycles. The average molecular weight is 275 g/mol. The van der Waals surface area contributed by atoms with Crippen molar-refractivity contribution in [1.82, 2.24) is 4.90 Å². The zero-order chi connectivity index (χ0) is 14.6. The number of benzene rings is 1. The van der Waals surface area contributed by atoms with E-state index >= 15 is 0 Å². The van der Waals surface area contributed by atoms with E-state index in [1.807, 2.05) is 0 Å². The molecule has 1 aromatic rings. The van der Waals surface area contributed by atoms with Gasteiger partial charge in [-0.1, -0.05) is 0 Å². The molecule has 0 aromatic heterocycles. The predicted octanol–water partition coefficient (Wildman–Crippen LogP) is 2.31. The van der Waals surface area contributed by atoms with E-state index in [0.29, 0.717) is 16.8 Å². The number of amides is 1. The minimum Gasteiger partial charge on any atom is -0.341 e. The van der Waals surface area contributed by atoms with Gasteiger partial charge in [-0.15, -0.1) is 0 Å². The molecule has 0 aliphatic heterocycles. The van der Waals surface area contributed by atoms with Gasteiger partial charge in [0.05, 0.1) is 6.42 Å². The van der Waals surface area contributed by atoms with Crippen LogP contribution in [0.3, 0.4) is 0 Å². The molecule has 0 atom stereocenters. The highest BCUT2D eigenvalue weighted by molar-refractivity contribution is 5.95. The van der Waals surface area contributed by atoms with Gasteiger partial charge in [-0.3, -0.25) is 10.6 Å². The number of hydrazine groups is 1. The second-order valence-electron chi connectivity index (χ2n) is 4.27. The molecule has 1 rings (SSSR count). The molecule has 7 heteroatoms. The Hall–Kier alpha value is -1.76. The van der Waals surface area contributed by atoms with Crippen molar-refractivity contribution in [2.75, 3.05) is 19.0 Å². The Morgan fingerprint density at radius 2 is 2.05 bits per heavy atom. The first kappa shape index (κ1) is 15.3. The highest BCUT2D eigenvalue weighted by Crippen LogP contribution is 2.21. The second-order valence-corrected chi connectivity index (χ2v) is 4.27. The van der Waals surface area contributed by atoms with Crippen LogP contribution >= 0.6 is 0 Å². The molecule has 1 aromatic carbocycles. The molecule has 106 valence electrons. The second kappa shape index (κ2) is 5.92. The van der Waals surface area contributed by atoms with Crippen molar-refractivity contribution in [3.05, 3.63) is 29.3 Å². The van der Waals surface area contributed by atoms with Crippen LogP contribution in [0, 0.1) is 6.92 Å². The van der Waals surface area contributed by atoms with Crippen molar-refractivity contribution >= 4 is 11.6 Å². The maximum Gasteiger partial charge on any atom is 0.390 e. The number of carbonyl (C=O) groups excluding carboxylic acids is 1. The topological polar surface area (TPSA) is 58.4 Å². The smallest absolute Gasteiger partial charge is 0.341 e.